The molecule has 0 aliphatic carbocycles. The molecule has 1 aromatic carbocycles. The molecule has 0 saturated heterocycles. The Morgan fingerprint density at radius 2 is 2.00 bits per heavy atom. The predicted octanol–water partition coefficient (Wildman–Crippen LogP) is 2.42. The summed E-state index contributed by atoms with van der Waals surface area (Å²) in [6.45, 7) is 5.15. The molecule has 1 unspecified atom stereocenters. The monoisotopic (exact) mass is 240 g/mol. The summed E-state index contributed by atoms with van der Waals surface area (Å²) in [4.78, 5) is 11.9. The molecular formula is C13H17FO3. The van der Waals surface area contributed by atoms with Gasteiger partial charge in [-0.15, -0.1) is 0 Å². The Morgan fingerprint density at radius 3 is 2.47 bits per heavy atom. The maximum atomic E-state index is 13.8. The minimum atomic E-state index is -1.25. The number of carbonyl (C=O) groups excluding carboxylic acids is 1. The molecule has 0 bridgehead atoms. The topological polar surface area (TPSA) is 46.5 Å². The molecule has 1 atom stereocenters. The molecule has 0 amide bonds. The Morgan fingerprint density at radius 1 is 1.41 bits per heavy atom. The molecule has 0 spiro atoms. The van der Waals surface area contributed by atoms with Crippen molar-refractivity contribution in [1.82, 2.24) is 0 Å². The van der Waals surface area contributed by atoms with Crippen LogP contribution in [0.2, 0.25) is 0 Å². The first-order valence-electron chi connectivity index (χ1n) is 5.34. The highest BCUT2D eigenvalue weighted by Gasteiger charge is 2.31. The van der Waals surface area contributed by atoms with Gasteiger partial charge in [-0.05, 0) is 17.5 Å². The van der Waals surface area contributed by atoms with Crippen LogP contribution in [0, 0.1) is 11.2 Å². The van der Waals surface area contributed by atoms with Gasteiger partial charge in [-0.25, -0.2) is 4.39 Å². The largest absolute Gasteiger partial charge is 0.494 e. The number of carbonyl (C=O) groups is 1. The van der Waals surface area contributed by atoms with Crippen molar-refractivity contribution in [3.05, 3.63) is 29.6 Å². The van der Waals surface area contributed by atoms with Crippen molar-refractivity contribution in [2.24, 2.45) is 5.41 Å². The van der Waals surface area contributed by atoms with Crippen LogP contribution in [0.4, 0.5) is 4.39 Å². The average molecular weight is 240 g/mol. The first-order valence-corrected chi connectivity index (χ1v) is 5.34. The van der Waals surface area contributed by atoms with Crippen molar-refractivity contribution in [2.75, 3.05) is 7.11 Å². The van der Waals surface area contributed by atoms with Gasteiger partial charge < -0.3 is 9.84 Å². The number of aliphatic hydroxyl groups is 1. The van der Waals surface area contributed by atoms with Crippen LogP contribution in [0.15, 0.2) is 18.2 Å². The van der Waals surface area contributed by atoms with Crippen molar-refractivity contribution in [3.63, 3.8) is 0 Å². The van der Waals surface area contributed by atoms with Gasteiger partial charge in [0.15, 0.2) is 17.3 Å². The van der Waals surface area contributed by atoms with Gasteiger partial charge in [-0.3, -0.25) is 4.79 Å². The summed E-state index contributed by atoms with van der Waals surface area (Å²) in [5.41, 5.74) is -0.779. The number of ketones is 1. The minimum absolute atomic E-state index is 0.00282. The molecule has 0 fully saturated rings. The van der Waals surface area contributed by atoms with Crippen molar-refractivity contribution in [2.45, 2.75) is 26.9 Å². The van der Waals surface area contributed by atoms with E-state index >= 15 is 0 Å². The summed E-state index contributed by atoms with van der Waals surface area (Å²) in [5.74, 6) is -1.37. The molecule has 94 valence electrons. The Balaban J connectivity index is 3.13. The van der Waals surface area contributed by atoms with Crippen molar-refractivity contribution in [3.8, 4) is 5.75 Å². The van der Waals surface area contributed by atoms with Crippen LogP contribution in [-0.4, -0.2) is 24.1 Å². The van der Waals surface area contributed by atoms with Crippen LogP contribution in [0.3, 0.4) is 0 Å². The Kier molecular flexibility index (Phi) is 3.88. The molecule has 1 aromatic rings. The summed E-state index contributed by atoms with van der Waals surface area (Å²) >= 11 is 0. The summed E-state index contributed by atoms with van der Waals surface area (Å²) in [5, 5.41) is 9.84. The van der Waals surface area contributed by atoms with Crippen molar-refractivity contribution < 1.29 is 19.0 Å². The van der Waals surface area contributed by atoms with E-state index < -0.39 is 23.1 Å². The normalized spacial score (nSPS) is 13.3. The fraction of sp³-hybridized carbons (Fsp3) is 0.462. The number of methoxy groups -OCH3 is 1. The Hall–Kier alpha value is -1.42. The number of halogens is 1. The van der Waals surface area contributed by atoms with Gasteiger partial charge in [0.25, 0.3) is 0 Å². The minimum Gasteiger partial charge on any atom is -0.494 e. The van der Waals surface area contributed by atoms with E-state index in [1.807, 2.05) is 0 Å². The third-order valence-corrected chi connectivity index (χ3v) is 2.52. The van der Waals surface area contributed by atoms with Gasteiger partial charge in [0.2, 0.25) is 0 Å². The molecule has 0 radical (unpaired) electrons. The first-order chi connectivity index (χ1) is 7.79. The molecule has 0 heterocycles. The molecule has 0 aromatic heterocycles. The van der Waals surface area contributed by atoms with E-state index in [9.17, 15) is 14.3 Å². The molecular weight excluding hydrogens is 223 g/mol. The summed E-state index contributed by atoms with van der Waals surface area (Å²) in [7, 11) is 1.33. The van der Waals surface area contributed by atoms with Crippen LogP contribution in [-0.2, 0) is 0 Å². The summed E-state index contributed by atoms with van der Waals surface area (Å²) in [6.07, 6.45) is -1.25. The third kappa shape index (κ3) is 2.82. The number of hydrogen-bond acceptors (Lipinski definition) is 3. The van der Waals surface area contributed by atoms with Gasteiger partial charge in [-0.1, -0.05) is 26.8 Å². The number of Topliss-reactive ketones (excluding diaryl/α,β-unsaturated/α-hetero) is 1. The molecule has 4 heteroatoms. The third-order valence-electron chi connectivity index (χ3n) is 2.52. The average Bonchev–Trinajstić information content (AvgIpc) is 2.26. The van der Waals surface area contributed by atoms with E-state index in [1.165, 1.54) is 25.3 Å². The fourth-order valence-electron chi connectivity index (χ4n) is 1.40. The van der Waals surface area contributed by atoms with Crippen molar-refractivity contribution >= 4 is 5.78 Å². The SMILES string of the molecule is COc1cccc(C(=O)C(O)C(C)(C)C)c1F. The van der Waals surface area contributed by atoms with Gasteiger partial charge in [0.05, 0.1) is 12.7 Å². The van der Waals surface area contributed by atoms with E-state index in [1.54, 1.807) is 20.8 Å². The van der Waals surface area contributed by atoms with Crippen LogP contribution < -0.4 is 4.74 Å². The van der Waals surface area contributed by atoms with Gasteiger partial charge >= 0.3 is 0 Å². The highest BCUT2D eigenvalue weighted by molar-refractivity contribution is 6.00. The van der Waals surface area contributed by atoms with Crippen LogP contribution in [0.25, 0.3) is 0 Å². The molecule has 1 N–H and O–H groups in total. The maximum Gasteiger partial charge on any atom is 0.194 e. The zero-order chi connectivity index (χ0) is 13.2. The second kappa shape index (κ2) is 4.84. The van der Waals surface area contributed by atoms with Crippen LogP contribution in [0.5, 0.6) is 5.75 Å². The lowest BCUT2D eigenvalue weighted by atomic mass is 9.84. The summed E-state index contributed by atoms with van der Waals surface area (Å²) in [6, 6.07) is 4.29. The smallest absolute Gasteiger partial charge is 0.194 e. The molecule has 17 heavy (non-hydrogen) atoms. The van der Waals surface area contributed by atoms with E-state index in [2.05, 4.69) is 0 Å². The lowest BCUT2D eigenvalue weighted by Gasteiger charge is -2.24. The van der Waals surface area contributed by atoms with Crippen LogP contribution >= 0.6 is 0 Å². The second-order valence-corrected chi connectivity index (χ2v) is 4.95. The quantitative estimate of drug-likeness (QED) is 0.825. The van der Waals surface area contributed by atoms with E-state index in [0.29, 0.717) is 0 Å². The lowest BCUT2D eigenvalue weighted by Crippen LogP contribution is -2.34. The number of aliphatic hydroxyl groups excluding tert-OH is 1. The molecule has 1 rings (SSSR count). The molecule has 0 aliphatic rings. The number of ether oxygens (including phenoxy) is 1. The Labute approximate surface area is 100 Å². The van der Waals surface area contributed by atoms with E-state index in [-0.39, 0.29) is 11.3 Å². The zero-order valence-corrected chi connectivity index (χ0v) is 10.5. The fourth-order valence-corrected chi connectivity index (χ4v) is 1.40. The standard InChI is InChI=1S/C13H17FO3/c1-13(2,3)12(16)11(15)8-6-5-7-9(17-4)10(8)14/h5-7,12,16H,1-4H3. The van der Waals surface area contributed by atoms with Gasteiger partial charge in [0.1, 0.15) is 6.10 Å². The highest BCUT2D eigenvalue weighted by Crippen LogP contribution is 2.26. The number of hydrogen-bond donors (Lipinski definition) is 1. The van der Waals surface area contributed by atoms with Crippen LogP contribution in [0.1, 0.15) is 31.1 Å². The zero-order valence-electron chi connectivity index (χ0n) is 10.5. The van der Waals surface area contributed by atoms with E-state index in [4.69, 9.17) is 4.74 Å². The predicted molar refractivity (Wildman–Crippen MR) is 62.7 cm³/mol. The number of benzene rings is 1. The molecule has 0 saturated carbocycles. The number of rotatable bonds is 3. The maximum absolute atomic E-state index is 13.8. The highest BCUT2D eigenvalue weighted by atomic mass is 19.1. The van der Waals surface area contributed by atoms with E-state index in [0.717, 1.165) is 0 Å². The molecule has 3 nitrogen and oxygen atoms in total. The first kappa shape index (κ1) is 13.6. The lowest BCUT2D eigenvalue weighted by molar-refractivity contribution is 0.0438. The van der Waals surface area contributed by atoms with Crippen molar-refractivity contribution in [1.29, 1.82) is 0 Å². The Bertz CT molecular complexity index is 421. The molecule has 0 aliphatic heterocycles. The summed E-state index contributed by atoms with van der Waals surface area (Å²) < 4.78 is 18.6. The second-order valence-electron chi connectivity index (χ2n) is 4.95. The van der Waals surface area contributed by atoms with Gasteiger partial charge in [0, 0.05) is 0 Å². The van der Waals surface area contributed by atoms with Gasteiger partial charge in [-0.2, -0.15) is 0 Å².